The largest absolute Gasteiger partial charge is 0.427 e. The van der Waals surface area contributed by atoms with Crippen LogP contribution in [0.5, 0.6) is 0 Å². The molecule has 0 N–H and O–H groups in total. The van der Waals surface area contributed by atoms with Crippen molar-refractivity contribution >= 4 is 28.1 Å². The maximum Gasteiger partial charge on any atom is 0.326 e. The number of nitrogens with zero attached hydrogens (tertiary/aromatic N) is 5. The van der Waals surface area contributed by atoms with Crippen molar-refractivity contribution in [2.45, 2.75) is 33.2 Å². The van der Waals surface area contributed by atoms with Crippen LogP contribution in [0.25, 0.3) is 17.2 Å². The third-order valence-corrected chi connectivity index (χ3v) is 3.83. The van der Waals surface area contributed by atoms with E-state index in [1.54, 1.807) is 22.3 Å². The molecule has 21 heavy (non-hydrogen) atoms. The number of hydrogen-bond acceptors (Lipinski definition) is 5. The molecule has 3 heterocycles. The summed E-state index contributed by atoms with van der Waals surface area (Å²) in [5.41, 5.74) is 1.71. The Hall–Kier alpha value is -1.96. The number of halogens is 1. The topological polar surface area (TPSA) is 78.2 Å². The molecule has 0 bridgehead atoms. The summed E-state index contributed by atoms with van der Waals surface area (Å²) in [6.07, 6.45) is 3.47. The van der Waals surface area contributed by atoms with Gasteiger partial charge in [0.25, 0.3) is 0 Å². The predicted molar refractivity (Wildman–Crippen MR) is 79.3 cm³/mol. The molecule has 0 radical (unpaired) electrons. The maximum absolute atomic E-state index is 11.4. The fourth-order valence-corrected chi connectivity index (χ4v) is 2.49. The summed E-state index contributed by atoms with van der Waals surface area (Å²) in [4.78, 5) is 15.5. The minimum atomic E-state index is 0.211. The zero-order valence-corrected chi connectivity index (χ0v) is 13.5. The second kappa shape index (κ2) is 5.10. The van der Waals surface area contributed by atoms with Crippen LogP contribution < -0.4 is 0 Å². The van der Waals surface area contributed by atoms with Crippen molar-refractivity contribution < 1.29 is 9.21 Å². The smallest absolute Gasteiger partial charge is 0.326 e. The van der Waals surface area contributed by atoms with Gasteiger partial charge in [0, 0.05) is 12.2 Å². The molecule has 0 aliphatic rings. The van der Waals surface area contributed by atoms with Crippen LogP contribution in [0.15, 0.2) is 15.3 Å². The minimum absolute atomic E-state index is 0.211. The molecule has 0 spiro atoms. The molecule has 3 aromatic rings. The molecule has 7 nitrogen and oxygen atoms in total. The summed E-state index contributed by atoms with van der Waals surface area (Å²) in [5.74, 6) is 0.985. The molecule has 0 amide bonds. The van der Waals surface area contributed by atoms with Crippen molar-refractivity contribution in [3.05, 3.63) is 22.3 Å². The molecule has 0 aromatic carbocycles. The molecule has 0 aliphatic carbocycles. The molecule has 1 unspecified atom stereocenters. The Morgan fingerprint density at radius 2 is 2.24 bits per heavy atom. The van der Waals surface area contributed by atoms with Gasteiger partial charge in [-0.1, -0.05) is 6.92 Å². The molecule has 3 rings (SSSR count). The van der Waals surface area contributed by atoms with E-state index in [9.17, 15) is 4.79 Å². The quantitative estimate of drug-likeness (QED) is 0.675. The number of oxazole rings is 1. The van der Waals surface area contributed by atoms with E-state index >= 15 is 0 Å². The monoisotopic (exact) mass is 351 g/mol. The lowest BCUT2D eigenvalue weighted by atomic mass is 10.2. The van der Waals surface area contributed by atoms with E-state index in [1.807, 2.05) is 0 Å². The highest BCUT2D eigenvalue weighted by atomic mass is 79.9. The lowest BCUT2D eigenvalue weighted by molar-refractivity contribution is 0.112. The van der Waals surface area contributed by atoms with Crippen molar-refractivity contribution in [3.63, 3.8) is 0 Å². The van der Waals surface area contributed by atoms with Crippen LogP contribution in [0.2, 0.25) is 0 Å². The number of aldehydes is 1. The van der Waals surface area contributed by atoms with Gasteiger partial charge in [0.15, 0.2) is 6.29 Å². The van der Waals surface area contributed by atoms with Gasteiger partial charge in [0.2, 0.25) is 4.73 Å². The Bertz CT molecular complexity index is 816. The second-order valence-electron chi connectivity index (χ2n) is 4.87. The SMILES string of the molecule is CCC(C)n1cc(C=O)c(-c2c(C)oc3nc(Br)nn23)n1. The molecule has 0 aliphatic heterocycles. The summed E-state index contributed by atoms with van der Waals surface area (Å²) in [5, 5.41) is 8.76. The van der Waals surface area contributed by atoms with Gasteiger partial charge in [0.1, 0.15) is 17.1 Å². The minimum Gasteiger partial charge on any atom is -0.427 e. The Kier molecular flexibility index (Phi) is 3.40. The first-order chi connectivity index (χ1) is 10.0. The van der Waals surface area contributed by atoms with Crippen LogP contribution in [0.1, 0.15) is 42.4 Å². The van der Waals surface area contributed by atoms with Gasteiger partial charge < -0.3 is 4.42 Å². The normalized spacial score (nSPS) is 13.0. The zero-order valence-electron chi connectivity index (χ0n) is 11.9. The summed E-state index contributed by atoms with van der Waals surface area (Å²) in [6, 6.07) is 0.211. The van der Waals surface area contributed by atoms with E-state index in [0.717, 1.165) is 12.7 Å². The number of aryl methyl sites for hydroxylation is 1. The van der Waals surface area contributed by atoms with Crippen molar-refractivity contribution in [2.24, 2.45) is 0 Å². The van der Waals surface area contributed by atoms with E-state index < -0.39 is 0 Å². The van der Waals surface area contributed by atoms with E-state index in [4.69, 9.17) is 4.42 Å². The third kappa shape index (κ3) is 2.19. The van der Waals surface area contributed by atoms with Crippen LogP contribution in [-0.2, 0) is 0 Å². The Labute approximate surface area is 129 Å². The van der Waals surface area contributed by atoms with Crippen LogP contribution in [-0.4, -0.2) is 30.7 Å². The van der Waals surface area contributed by atoms with Gasteiger partial charge in [-0.05, 0) is 36.2 Å². The highest BCUT2D eigenvalue weighted by molar-refractivity contribution is 9.10. The number of fused-ring (bicyclic) bond motifs is 1. The third-order valence-electron chi connectivity index (χ3n) is 3.50. The van der Waals surface area contributed by atoms with E-state index in [-0.39, 0.29) is 6.04 Å². The van der Waals surface area contributed by atoms with E-state index in [2.05, 4.69) is 45.0 Å². The van der Waals surface area contributed by atoms with Gasteiger partial charge in [0.05, 0.1) is 5.56 Å². The average molecular weight is 352 g/mol. The summed E-state index contributed by atoms with van der Waals surface area (Å²) in [7, 11) is 0. The fourth-order valence-electron chi connectivity index (χ4n) is 2.18. The first-order valence-corrected chi connectivity index (χ1v) is 7.40. The highest BCUT2D eigenvalue weighted by Gasteiger charge is 2.22. The van der Waals surface area contributed by atoms with Crippen LogP contribution in [0, 0.1) is 6.92 Å². The van der Waals surface area contributed by atoms with Crippen molar-refractivity contribution in [3.8, 4) is 11.4 Å². The van der Waals surface area contributed by atoms with E-state index in [0.29, 0.717) is 33.3 Å². The lowest BCUT2D eigenvalue weighted by Crippen LogP contribution is -2.04. The molecule has 110 valence electrons. The molecular formula is C13H14BrN5O2. The predicted octanol–water partition coefficient (Wildman–Crippen LogP) is 3.04. The summed E-state index contributed by atoms with van der Waals surface area (Å²) >= 11 is 3.21. The molecule has 0 fully saturated rings. The summed E-state index contributed by atoms with van der Waals surface area (Å²) in [6.45, 7) is 5.92. The zero-order chi connectivity index (χ0) is 15.1. The Morgan fingerprint density at radius 3 is 2.90 bits per heavy atom. The average Bonchev–Trinajstić information content (AvgIpc) is 3.09. The van der Waals surface area contributed by atoms with Crippen LogP contribution >= 0.6 is 15.9 Å². The molecule has 1 atom stereocenters. The Morgan fingerprint density at radius 1 is 1.48 bits per heavy atom. The van der Waals surface area contributed by atoms with Gasteiger partial charge in [-0.25, -0.2) is 0 Å². The molecule has 0 saturated carbocycles. The van der Waals surface area contributed by atoms with Gasteiger partial charge in [-0.15, -0.1) is 5.10 Å². The van der Waals surface area contributed by atoms with Crippen molar-refractivity contribution in [1.82, 2.24) is 24.4 Å². The lowest BCUT2D eigenvalue weighted by Gasteiger charge is -2.07. The highest BCUT2D eigenvalue weighted by Crippen LogP contribution is 2.29. The first-order valence-electron chi connectivity index (χ1n) is 6.61. The van der Waals surface area contributed by atoms with Gasteiger partial charge >= 0.3 is 5.84 Å². The van der Waals surface area contributed by atoms with E-state index in [1.165, 1.54) is 0 Å². The summed E-state index contributed by atoms with van der Waals surface area (Å²) < 4.78 is 9.34. The van der Waals surface area contributed by atoms with Gasteiger partial charge in [-0.3, -0.25) is 9.48 Å². The van der Waals surface area contributed by atoms with Gasteiger partial charge in [-0.2, -0.15) is 14.6 Å². The maximum atomic E-state index is 11.4. The molecule has 3 aromatic heterocycles. The number of carbonyl (C=O) groups excluding carboxylic acids is 1. The molecule has 0 saturated heterocycles. The standard InChI is InChI=1S/C13H14BrN5O2/c1-4-7(2)18-5-9(6-20)10(16-18)11-8(3)21-13-15-12(14)17-19(11)13/h5-7H,4H2,1-3H3. The van der Waals surface area contributed by atoms with Crippen LogP contribution in [0.3, 0.4) is 0 Å². The Balaban J connectivity index is 2.24. The van der Waals surface area contributed by atoms with Crippen molar-refractivity contribution in [2.75, 3.05) is 0 Å². The molecule has 8 heteroatoms. The fraction of sp³-hybridized carbons (Fsp3) is 0.385. The second-order valence-corrected chi connectivity index (χ2v) is 5.58. The number of hydrogen-bond donors (Lipinski definition) is 0. The number of carbonyl (C=O) groups is 1. The molecular weight excluding hydrogens is 338 g/mol. The first kappa shape index (κ1) is 14.0. The number of aromatic nitrogens is 5. The number of rotatable bonds is 4. The van der Waals surface area contributed by atoms with Crippen LogP contribution in [0.4, 0.5) is 0 Å². The van der Waals surface area contributed by atoms with Crippen molar-refractivity contribution in [1.29, 1.82) is 0 Å².